The van der Waals surface area contributed by atoms with Crippen molar-refractivity contribution in [1.29, 1.82) is 0 Å². The molecule has 33 heavy (non-hydrogen) atoms. The van der Waals surface area contributed by atoms with Gasteiger partial charge in [0.25, 0.3) is 5.56 Å². The quantitative estimate of drug-likeness (QED) is 0.339. The van der Waals surface area contributed by atoms with Gasteiger partial charge in [0.2, 0.25) is 0 Å². The molecule has 160 valence electrons. The number of hydrogen-bond donors (Lipinski definition) is 0. The van der Waals surface area contributed by atoms with Crippen LogP contribution in [0.15, 0.2) is 77.6 Å². The standard InChI is InChI=1S/C29H22N2O2/c1-5-24-18(2)28(31-19(3)30-27-9-7-6-8-26(27)29(31)32)15-14-25(24)22-11-10-21-17-23(33-4)13-12-20(21)16-22/h1,6-17H,2-4H3. The summed E-state index contributed by atoms with van der Waals surface area (Å²) in [5, 5.41) is 2.78. The summed E-state index contributed by atoms with van der Waals surface area (Å²) in [4.78, 5) is 18.0. The van der Waals surface area contributed by atoms with Crippen LogP contribution >= 0.6 is 0 Å². The summed E-state index contributed by atoms with van der Waals surface area (Å²) in [6.45, 7) is 3.80. The van der Waals surface area contributed by atoms with Gasteiger partial charge < -0.3 is 4.74 Å². The van der Waals surface area contributed by atoms with Crippen molar-refractivity contribution < 1.29 is 4.74 Å². The molecule has 0 spiro atoms. The lowest BCUT2D eigenvalue weighted by molar-refractivity contribution is 0.415. The predicted octanol–water partition coefficient (Wildman–Crippen LogP) is 5.81. The van der Waals surface area contributed by atoms with E-state index in [2.05, 4.69) is 29.1 Å². The Bertz CT molecular complexity index is 1660. The Kier molecular flexibility index (Phi) is 4.95. The van der Waals surface area contributed by atoms with Crippen LogP contribution in [0.2, 0.25) is 0 Å². The molecule has 0 aliphatic carbocycles. The molecular formula is C29H22N2O2. The first-order valence-corrected chi connectivity index (χ1v) is 10.7. The molecule has 4 nitrogen and oxygen atoms in total. The number of ether oxygens (including phenoxy) is 1. The van der Waals surface area contributed by atoms with E-state index in [0.717, 1.165) is 44.5 Å². The zero-order chi connectivity index (χ0) is 23.1. The van der Waals surface area contributed by atoms with Crippen molar-refractivity contribution in [1.82, 2.24) is 9.55 Å². The molecule has 1 heterocycles. The third kappa shape index (κ3) is 3.35. The number of benzene rings is 4. The Balaban J connectivity index is 1.70. The molecular weight excluding hydrogens is 408 g/mol. The van der Waals surface area contributed by atoms with E-state index in [0.29, 0.717) is 16.7 Å². The predicted molar refractivity (Wildman–Crippen MR) is 134 cm³/mol. The summed E-state index contributed by atoms with van der Waals surface area (Å²) in [6, 6.07) is 23.6. The van der Waals surface area contributed by atoms with Crippen molar-refractivity contribution in [3.63, 3.8) is 0 Å². The van der Waals surface area contributed by atoms with E-state index >= 15 is 0 Å². The van der Waals surface area contributed by atoms with Crippen LogP contribution in [0.1, 0.15) is 17.0 Å². The molecule has 0 saturated carbocycles. The highest BCUT2D eigenvalue weighted by molar-refractivity contribution is 5.90. The molecule has 5 rings (SSSR count). The number of terminal acetylenes is 1. The zero-order valence-electron chi connectivity index (χ0n) is 18.7. The second-order valence-corrected chi connectivity index (χ2v) is 8.02. The molecule has 0 N–H and O–H groups in total. The summed E-state index contributed by atoms with van der Waals surface area (Å²) in [6.07, 6.45) is 5.98. The van der Waals surface area contributed by atoms with Gasteiger partial charge in [-0.1, -0.05) is 42.3 Å². The maximum atomic E-state index is 13.3. The molecule has 5 aromatic rings. The van der Waals surface area contributed by atoms with Gasteiger partial charge in [-0.05, 0) is 77.7 Å². The third-order valence-corrected chi connectivity index (χ3v) is 6.12. The number of hydrogen-bond acceptors (Lipinski definition) is 3. The summed E-state index contributed by atoms with van der Waals surface area (Å²) < 4.78 is 6.98. The minimum atomic E-state index is -0.100. The van der Waals surface area contributed by atoms with E-state index < -0.39 is 0 Å². The summed E-state index contributed by atoms with van der Waals surface area (Å²) in [5.41, 5.74) is 4.95. The summed E-state index contributed by atoms with van der Waals surface area (Å²) >= 11 is 0. The monoisotopic (exact) mass is 430 g/mol. The van der Waals surface area contributed by atoms with Gasteiger partial charge in [0.05, 0.1) is 23.7 Å². The van der Waals surface area contributed by atoms with E-state index in [9.17, 15) is 4.79 Å². The van der Waals surface area contributed by atoms with Gasteiger partial charge >= 0.3 is 0 Å². The van der Waals surface area contributed by atoms with Crippen molar-refractivity contribution in [2.24, 2.45) is 0 Å². The zero-order valence-corrected chi connectivity index (χ0v) is 18.7. The minimum Gasteiger partial charge on any atom is -0.497 e. The van der Waals surface area contributed by atoms with Crippen LogP contribution in [0.3, 0.4) is 0 Å². The van der Waals surface area contributed by atoms with Crippen molar-refractivity contribution in [2.75, 3.05) is 7.11 Å². The van der Waals surface area contributed by atoms with E-state index in [-0.39, 0.29) is 5.56 Å². The maximum Gasteiger partial charge on any atom is 0.265 e. The van der Waals surface area contributed by atoms with Gasteiger partial charge in [-0.3, -0.25) is 9.36 Å². The molecule has 0 saturated heterocycles. The molecule has 4 aromatic carbocycles. The van der Waals surface area contributed by atoms with Crippen molar-refractivity contribution in [2.45, 2.75) is 13.8 Å². The molecule has 0 atom stereocenters. The minimum absolute atomic E-state index is 0.100. The van der Waals surface area contributed by atoms with E-state index in [1.807, 2.05) is 62.4 Å². The number of rotatable bonds is 3. The Morgan fingerprint density at radius 3 is 2.48 bits per heavy atom. The van der Waals surface area contributed by atoms with Crippen molar-refractivity contribution >= 4 is 21.7 Å². The Labute approximate surface area is 192 Å². The lowest BCUT2D eigenvalue weighted by atomic mass is 9.93. The van der Waals surface area contributed by atoms with Gasteiger partial charge in [0.15, 0.2) is 0 Å². The fourth-order valence-corrected chi connectivity index (χ4v) is 4.42. The molecule has 0 radical (unpaired) electrons. The summed E-state index contributed by atoms with van der Waals surface area (Å²) in [5.74, 6) is 4.31. The number of fused-ring (bicyclic) bond motifs is 2. The molecule has 0 amide bonds. The Morgan fingerprint density at radius 1 is 0.939 bits per heavy atom. The Hall–Kier alpha value is -4.36. The van der Waals surface area contributed by atoms with E-state index in [4.69, 9.17) is 11.2 Å². The fraction of sp³-hybridized carbons (Fsp3) is 0.103. The van der Waals surface area contributed by atoms with Crippen molar-refractivity contribution in [3.05, 3.63) is 100 Å². The smallest absolute Gasteiger partial charge is 0.265 e. The van der Waals surface area contributed by atoms with Gasteiger partial charge in [-0.2, -0.15) is 0 Å². The molecule has 0 aliphatic heterocycles. The SMILES string of the molecule is C#Cc1c(-c2ccc3cc(OC)ccc3c2)ccc(-n2c(C)nc3ccccc3c2=O)c1C. The first-order valence-electron chi connectivity index (χ1n) is 10.7. The molecule has 1 aromatic heterocycles. The van der Waals surface area contributed by atoms with Gasteiger partial charge in [0, 0.05) is 5.56 Å². The third-order valence-electron chi connectivity index (χ3n) is 6.12. The molecule has 0 fully saturated rings. The van der Waals surface area contributed by atoms with Crippen molar-refractivity contribution in [3.8, 4) is 34.9 Å². The lowest BCUT2D eigenvalue weighted by Gasteiger charge is -2.17. The highest BCUT2D eigenvalue weighted by atomic mass is 16.5. The van der Waals surface area contributed by atoms with Crippen LogP contribution in [-0.2, 0) is 0 Å². The maximum absolute atomic E-state index is 13.3. The normalized spacial score (nSPS) is 11.0. The average molecular weight is 431 g/mol. The van der Waals surface area contributed by atoms with E-state index in [1.165, 1.54) is 0 Å². The van der Waals surface area contributed by atoms with Crippen LogP contribution in [0.4, 0.5) is 0 Å². The van der Waals surface area contributed by atoms with Crippen LogP contribution in [-0.4, -0.2) is 16.7 Å². The lowest BCUT2D eigenvalue weighted by Crippen LogP contribution is -2.23. The highest BCUT2D eigenvalue weighted by Crippen LogP contribution is 2.32. The number of methoxy groups -OCH3 is 1. The molecule has 4 heteroatoms. The van der Waals surface area contributed by atoms with Crippen LogP contribution in [0, 0.1) is 26.2 Å². The second-order valence-electron chi connectivity index (χ2n) is 8.02. The number of aromatic nitrogens is 2. The van der Waals surface area contributed by atoms with Crippen LogP contribution in [0.25, 0.3) is 38.5 Å². The highest BCUT2D eigenvalue weighted by Gasteiger charge is 2.16. The van der Waals surface area contributed by atoms with Gasteiger partial charge in [0.1, 0.15) is 11.6 Å². The van der Waals surface area contributed by atoms with Gasteiger partial charge in [-0.25, -0.2) is 4.98 Å². The Morgan fingerprint density at radius 2 is 1.70 bits per heavy atom. The first kappa shape index (κ1) is 20.5. The molecule has 0 bridgehead atoms. The number of nitrogens with zero attached hydrogens (tertiary/aromatic N) is 2. The average Bonchev–Trinajstić information content (AvgIpc) is 2.84. The summed E-state index contributed by atoms with van der Waals surface area (Å²) in [7, 11) is 1.66. The second kappa shape index (κ2) is 7.96. The van der Waals surface area contributed by atoms with Gasteiger partial charge in [-0.15, -0.1) is 6.42 Å². The van der Waals surface area contributed by atoms with Crippen LogP contribution in [0.5, 0.6) is 5.75 Å². The van der Waals surface area contributed by atoms with Crippen LogP contribution < -0.4 is 10.3 Å². The molecule has 0 unspecified atom stereocenters. The molecule has 0 aliphatic rings. The van der Waals surface area contributed by atoms with E-state index in [1.54, 1.807) is 17.7 Å². The fourth-order valence-electron chi connectivity index (χ4n) is 4.42. The number of para-hydroxylation sites is 1. The topological polar surface area (TPSA) is 44.1 Å². The largest absolute Gasteiger partial charge is 0.497 e. The first-order chi connectivity index (χ1) is 16.0. The number of aryl methyl sites for hydroxylation is 1.